The molecule has 1 N–H and O–H groups in total. The molecule has 0 aromatic heterocycles. The molecule has 0 heterocycles. The van der Waals surface area contributed by atoms with Crippen molar-refractivity contribution >= 4 is 5.97 Å². The molecule has 3 nitrogen and oxygen atoms in total. The summed E-state index contributed by atoms with van der Waals surface area (Å²) in [5, 5.41) is 9.18. The average molecular weight is 338 g/mol. The Kier molecular flexibility index (Phi) is 7.42. The monoisotopic (exact) mass is 338 g/mol. The lowest BCUT2D eigenvalue weighted by Gasteiger charge is -2.13. The molecule has 0 aliphatic rings. The fourth-order valence-corrected chi connectivity index (χ4v) is 2.88. The van der Waals surface area contributed by atoms with E-state index in [4.69, 9.17) is 4.74 Å². The van der Waals surface area contributed by atoms with E-state index in [2.05, 4.69) is 49.9 Å². The summed E-state index contributed by atoms with van der Waals surface area (Å²) in [6, 6.07) is 14.9. The first kappa shape index (κ1) is 18.9. The van der Waals surface area contributed by atoms with Crippen molar-refractivity contribution in [1.82, 2.24) is 0 Å². The number of carbonyl (C=O) groups is 1. The maximum atomic E-state index is 11.3. The molecule has 3 heteroatoms. The van der Waals surface area contributed by atoms with E-state index in [-0.39, 0.29) is 6.61 Å². The van der Waals surface area contributed by atoms with E-state index in [1.54, 1.807) is 0 Å². The van der Waals surface area contributed by atoms with Crippen molar-refractivity contribution in [2.75, 3.05) is 13.2 Å². The molecule has 0 aliphatic carbocycles. The van der Waals surface area contributed by atoms with Gasteiger partial charge >= 0.3 is 5.97 Å². The molecule has 132 valence electrons. The largest absolute Gasteiger partial charge is 0.462 e. The highest BCUT2D eigenvalue weighted by Gasteiger charge is 2.08. The number of aryl methyl sites for hydroxylation is 1. The Labute approximate surface area is 150 Å². The third-order valence-corrected chi connectivity index (χ3v) is 4.16. The summed E-state index contributed by atoms with van der Waals surface area (Å²) in [6.07, 6.45) is 4.64. The summed E-state index contributed by atoms with van der Waals surface area (Å²) in [6.45, 7) is 6.02. The third-order valence-electron chi connectivity index (χ3n) is 4.16. The van der Waals surface area contributed by atoms with Gasteiger partial charge in [0.05, 0.1) is 6.61 Å². The number of esters is 1. The van der Waals surface area contributed by atoms with Crippen molar-refractivity contribution in [3.63, 3.8) is 0 Å². The van der Waals surface area contributed by atoms with Gasteiger partial charge in [0.1, 0.15) is 0 Å². The predicted octanol–water partition coefficient (Wildman–Crippen LogP) is 4.11. The van der Waals surface area contributed by atoms with Crippen LogP contribution in [0.3, 0.4) is 0 Å². The van der Waals surface area contributed by atoms with E-state index in [1.165, 1.54) is 11.6 Å². The number of carbonyl (C=O) groups excluding carboxylic acids is 1. The number of hydrogen-bond donors (Lipinski definition) is 1. The Morgan fingerprint density at radius 3 is 2.44 bits per heavy atom. The SMILES string of the molecule is C=CC(=O)OCCc1cc(CCO)ccc1-c1ccc(CCC)cc1. The third kappa shape index (κ3) is 5.57. The summed E-state index contributed by atoms with van der Waals surface area (Å²) in [7, 11) is 0. The summed E-state index contributed by atoms with van der Waals surface area (Å²) in [4.78, 5) is 11.3. The maximum Gasteiger partial charge on any atom is 0.330 e. The molecule has 2 aromatic carbocycles. The van der Waals surface area contributed by atoms with Gasteiger partial charge in [-0.15, -0.1) is 0 Å². The second kappa shape index (κ2) is 9.80. The lowest BCUT2D eigenvalue weighted by Crippen LogP contribution is -2.06. The van der Waals surface area contributed by atoms with Crippen LogP contribution in [0.5, 0.6) is 0 Å². The van der Waals surface area contributed by atoms with Gasteiger partial charge in [-0.2, -0.15) is 0 Å². The minimum absolute atomic E-state index is 0.121. The zero-order chi connectivity index (χ0) is 18.1. The average Bonchev–Trinajstić information content (AvgIpc) is 2.63. The van der Waals surface area contributed by atoms with Crippen LogP contribution in [0.15, 0.2) is 55.1 Å². The van der Waals surface area contributed by atoms with Gasteiger partial charge in [0.2, 0.25) is 0 Å². The minimum Gasteiger partial charge on any atom is -0.462 e. The number of benzene rings is 2. The zero-order valence-corrected chi connectivity index (χ0v) is 14.8. The molecule has 0 bridgehead atoms. The van der Waals surface area contributed by atoms with E-state index >= 15 is 0 Å². The van der Waals surface area contributed by atoms with Crippen LogP contribution in [0, 0.1) is 0 Å². The number of hydrogen-bond acceptors (Lipinski definition) is 3. The highest BCUT2D eigenvalue weighted by atomic mass is 16.5. The van der Waals surface area contributed by atoms with Crippen LogP contribution >= 0.6 is 0 Å². The number of rotatable bonds is 9. The van der Waals surface area contributed by atoms with Gasteiger partial charge in [0, 0.05) is 19.1 Å². The van der Waals surface area contributed by atoms with E-state index < -0.39 is 5.97 Å². The first-order chi connectivity index (χ1) is 12.2. The van der Waals surface area contributed by atoms with E-state index in [0.29, 0.717) is 19.4 Å². The van der Waals surface area contributed by atoms with Crippen LogP contribution in [0.25, 0.3) is 11.1 Å². The Morgan fingerprint density at radius 1 is 1.08 bits per heavy atom. The molecule has 0 radical (unpaired) electrons. The van der Waals surface area contributed by atoms with Gasteiger partial charge < -0.3 is 9.84 Å². The predicted molar refractivity (Wildman–Crippen MR) is 102 cm³/mol. The van der Waals surface area contributed by atoms with E-state index in [1.807, 2.05) is 6.07 Å². The first-order valence-corrected chi connectivity index (χ1v) is 8.79. The summed E-state index contributed by atoms with van der Waals surface area (Å²) >= 11 is 0. The van der Waals surface area contributed by atoms with Crippen molar-refractivity contribution in [2.45, 2.75) is 32.6 Å². The van der Waals surface area contributed by atoms with Crippen LogP contribution in [0.1, 0.15) is 30.0 Å². The fraction of sp³-hybridized carbons (Fsp3) is 0.318. The number of aliphatic hydroxyl groups excluding tert-OH is 1. The molecule has 0 saturated heterocycles. The Morgan fingerprint density at radius 2 is 1.80 bits per heavy atom. The van der Waals surface area contributed by atoms with E-state index in [9.17, 15) is 9.90 Å². The van der Waals surface area contributed by atoms with Crippen LogP contribution < -0.4 is 0 Å². The topological polar surface area (TPSA) is 46.5 Å². The normalized spacial score (nSPS) is 10.5. The Hall–Kier alpha value is -2.39. The molecule has 0 saturated carbocycles. The molecular weight excluding hydrogens is 312 g/mol. The van der Waals surface area contributed by atoms with Crippen molar-refractivity contribution in [3.8, 4) is 11.1 Å². The van der Waals surface area contributed by atoms with Crippen molar-refractivity contribution < 1.29 is 14.6 Å². The summed E-state index contributed by atoms with van der Waals surface area (Å²) < 4.78 is 5.13. The van der Waals surface area contributed by atoms with Gasteiger partial charge in [-0.25, -0.2) is 4.79 Å². The standard InChI is InChI=1S/C22H26O3/c1-3-5-17-6-9-19(10-7-17)21-11-8-18(12-14-23)16-20(21)13-15-25-22(24)4-2/h4,6-11,16,23H,2-3,5,12-15H2,1H3. The summed E-state index contributed by atoms with van der Waals surface area (Å²) in [5.41, 5.74) is 5.83. The van der Waals surface area contributed by atoms with Gasteiger partial charge in [-0.3, -0.25) is 0 Å². The van der Waals surface area contributed by atoms with Gasteiger partial charge in [0.15, 0.2) is 0 Å². The van der Waals surface area contributed by atoms with E-state index in [0.717, 1.165) is 35.1 Å². The summed E-state index contributed by atoms with van der Waals surface area (Å²) in [5.74, 6) is -0.406. The molecule has 25 heavy (non-hydrogen) atoms. The van der Waals surface area contributed by atoms with Gasteiger partial charge in [-0.05, 0) is 40.7 Å². The quantitative estimate of drug-likeness (QED) is 0.553. The lowest BCUT2D eigenvalue weighted by atomic mass is 9.94. The van der Waals surface area contributed by atoms with Crippen LogP contribution in [-0.2, 0) is 28.8 Å². The molecule has 0 spiro atoms. The fourth-order valence-electron chi connectivity index (χ4n) is 2.88. The molecular formula is C22H26O3. The first-order valence-electron chi connectivity index (χ1n) is 8.79. The van der Waals surface area contributed by atoms with Gasteiger partial charge in [0.25, 0.3) is 0 Å². The van der Waals surface area contributed by atoms with Crippen molar-refractivity contribution in [2.24, 2.45) is 0 Å². The van der Waals surface area contributed by atoms with Crippen LogP contribution in [-0.4, -0.2) is 24.3 Å². The molecule has 2 rings (SSSR count). The highest BCUT2D eigenvalue weighted by Crippen LogP contribution is 2.26. The van der Waals surface area contributed by atoms with Crippen molar-refractivity contribution in [3.05, 3.63) is 71.8 Å². The van der Waals surface area contributed by atoms with Crippen molar-refractivity contribution in [1.29, 1.82) is 0 Å². The lowest BCUT2D eigenvalue weighted by molar-refractivity contribution is -0.137. The Balaban J connectivity index is 2.25. The minimum atomic E-state index is -0.406. The molecule has 0 amide bonds. The number of ether oxygens (including phenoxy) is 1. The second-order valence-electron chi connectivity index (χ2n) is 6.03. The maximum absolute atomic E-state index is 11.3. The second-order valence-corrected chi connectivity index (χ2v) is 6.03. The molecule has 2 aromatic rings. The molecule has 0 atom stereocenters. The van der Waals surface area contributed by atoms with Crippen LogP contribution in [0.2, 0.25) is 0 Å². The molecule has 0 unspecified atom stereocenters. The van der Waals surface area contributed by atoms with Crippen LogP contribution in [0.4, 0.5) is 0 Å². The van der Waals surface area contributed by atoms with Gasteiger partial charge in [-0.1, -0.05) is 62.4 Å². The smallest absolute Gasteiger partial charge is 0.330 e. The highest BCUT2D eigenvalue weighted by molar-refractivity contribution is 5.81. The molecule has 0 fully saturated rings. The molecule has 0 aliphatic heterocycles. The Bertz CT molecular complexity index is 702. The zero-order valence-electron chi connectivity index (χ0n) is 14.8. The number of aliphatic hydroxyl groups is 1.